The summed E-state index contributed by atoms with van der Waals surface area (Å²) in [6.45, 7) is -0.456. The Hall–Kier alpha value is -2.63. The molecule has 7 heteroatoms. The van der Waals surface area contributed by atoms with Gasteiger partial charge in [0.1, 0.15) is 0 Å². The molecule has 0 spiro atoms. The van der Waals surface area contributed by atoms with Crippen molar-refractivity contribution in [3.8, 4) is 0 Å². The number of aromatic nitrogens is 1. The molecule has 0 radical (unpaired) electrons. The molecule has 3 aromatic rings. The Labute approximate surface area is 153 Å². The number of hydrogen-bond donors (Lipinski definition) is 1. The minimum atomic E-state index is -0.581. The minimum absolute atomic E-state index is 0.150. The number of pyridine rings is 1. The summed E-state index contributed by atoms with van der Waals surface area (Å²) in [6, 6.07) is 14.2. The van der Waals surface area contributed by atoms with Crippen molar-refractivity contribution in [2.24, 2.45) is 0 Å². The number of benzene rings is 2. The third kappa shape index (κ3) is 4.07. The highest BCUT2D eigenvalue weighted by atomic mass is 35.5. The second-order valence-corrected chi connectivity index (χ2v) is 5.98. The molecule has 126 valence electrons. The quantitative estimate of drug-likeness (QED) is 0.689. The molecule has 0 aliphatic rings. The molecule has 0 atom stereocenters. The molecule has 0 aliphatic heterocycles. The predicted octanol–water partition coefficient (Wildman–Crippen LogP) is 4.34. The van der Waals surface area contributed by atoms with Crippen molar-refractivity contribution in [3.63, 3.8) is 0 Å². The number of carbonyl (C=O) groups excluding carboxylic acids is 2. The van der Waals surface area contributed by atoms with Crippen molar-refractivity contribution in [1.29, 1.82) is 0 Å². The van der Waals surface area contributed by atoms with Crippen LogP contribution < -0.4 is 5.32 Å². The SMILES string of the molecule is O=C(COC(=O)c1cccc2ccccc12)Nc1ncc(Cl)cc1Cl. The lowest BCUT2D eigenvalue weighted by atomic mass is 10.1. The molecular formula is C18H12Cl2N2O3. The fourth-order valence-corrected chi connectivity index (χ4v) is 2.71. The number of nitrogens with zero attached hydrogens (tertiary/aromatic N) is 1. The van der Waals surface area contributed by atoms with Crippen molar-refractivity contribution in [3.05, 3.63) is 70.3 Å². The highest BCUT2D eigenvalue weighted by molar-refractivity contribution is 6.36. The summed E-state index contributed by atoms with van der Waals surface area (Å²) >= 11 is 11.7. The van der Waals surface area contributed by atoms with Gasteiger partial charge in [0.15, 0.2) is 12.4 Å². The van der Waals surface area contributed by atoms with Crippen LogP contribution in [0.1, 0.15) is 10.4 Å². The molecule has 0 saturated heterocycles. The summed E-state index contributed by atoms with van der Waals surface area (Å²) in [4.78, 5) is 28.1. The normalized spacial score (nSPS) is 10.5. The number of amides is 1. The van der Waals surface area contributed by atoms with E-state index in [1.54, 1.807) is 12.1 Å². The van der Waals surface area contributed by atoms with Crippen molar-refractivity contribution < 1.29 is 14.3 Å². The standard InChI is InChI=1S/C18H12Cl2N2O3/c19-12-8-15(20)17(21-9-12)22-16(23)10-25-18(24)14-7-3-5-11-4-1-2-6-13(11)14/h1-9H,10H2,(H,21,22,23). The molecule has 1 amide bonds. The van der Waals surface area contributed by atoms with Crippen LogP contribution in [0.15, 0.2) is 54.7 Å². The van der Waals surface area contributed by atoms with E-state index in [-0.39, 0.29) is 10.8 Å². The molecule has 1 N–H and O–H groups in total. The van der Waals surface area contributed by atoms with Gasteiger partial charge >= 0.3 is 5.97 Å². The van der Waals surface area contributed by atoms with Crippen molar-refractivity contribution in [1.82, 2.24) is 4.98 Å². The number of fused-ring (bicyclic) bond motifs is 1. The van der Waals surface area contributed by atoms with E-state index in [0.29, 0.717) is 10.6 Å². The van der Waals surface area contributed by atoms with Crippen LogP contribution >= 0.6 is 23.2 Å². The number of rotatable bonds is 4. The maximum atomic E-state index is 12.3. The van der Waals surface area contributed by atoms with Gasteiger partial charge in [-0.3, -0.25) is 4.79 Å². The van der Waals surface area contributed by atoms with Crippen molar-refractivity contribution in [2.75, 3.05) is 11.9 Å². The van der Waals surface area contributed by atoms with Gasteiger partial charge in [-0.25, -0.2) is 9.78 Å². The van der Waals surface area contributed by atoms with Gasteiger partial charge in [-0.05, 0) is 22.9 Å². The Balaban J connectivity index is 1.66. The maximum absolute atomic E-state index is 12.3. The average Bonchev–Trinajstić information content (AvgIpc) is 2.61. The Bertz CT molecular complexity index is 955. The maximum Gasteiger partial charge on any atom is 0.339 e. The van der Waals surface area contributed by atoms with Crippen LogP contribution in [0.25, 0.3) is 10.8 Å². The zero-order valence-corrected chi connectivity index (χ0v) is 14.3. The smallest absolute Gasteiger partial charge is 0.339 e. The number of halogens is 2. The van der Waals surface area contributed by atoms with E-state index in [2.05, 4.69) is 10.3 Å². The molecule has 0 aliphatic carbocycles. The average molecular weight is 375 g/mol. The largest absolute Gasteiger partial charge is 0.452 e. The number of hydrogen-bond acceptors (Lipinski definition) is 4. The summed E-state index contributed by atoms with van der Waals surface area (Å²) in [5.41, 5.74) is 0.397. The van der Waals surface area contributed by atoms with Crippen LogP contribution in [-0.4, -0.2) is 23.5 Å². The van der Waals surface area contributed by atoms with Crippen LogP contribution in [-0.2, 0) is 9.53 Å². The summed E-state index contributed by atoms with van der Waals surface area (Å²) < 4.78 is 5.09. The van der Waals surface area contributed by atoms with Gasteiger partial charge in [0.25, 0.3) is 5.91 Å². The summed E-state index contributed by atoms with van der Waals surface area (Å²) in [5.74, 6) is -0.982. The summed E-state index contributed by atoms with van der Waals surface area (Å²) in [5, 5.41) is 4.69. The molecule has 5 nitrogen and oxygen atoms in total. The molecule has 1 aromatic heterocycles. The number of ether oxygens (including phenoxy) is 1. The van der Waals surface area contributed by atoms with E-state index < -0.39 is 18.5 Å². The Morgan fingerprint density at radius 1 is 1.08 bits per heavy atom. The molecule has 25 heavy (non-hydrogen) atoms. The van der Waals surface area contributed by atoms with E-state index in [1.165, 1.54) is 12.3 Å². The third-order valence-electron chi connectivity index (χ3n) is 3.41. The van der Waals surface area contributed by atoms with Crippen molar-refractivity contribution >= 4 is 51.7 Å². The van der Waals surface area contributed by atoms with Crippen LogP contribution in [0.2, 0.25) is 10.0 Å². The number of anilines is 1. The third-order valence-corrected chi connectivity index (χ3v) is 3.90. The Morgan fingerprint density at radius 2 is 1.84 bits per heavy atom. The molecular weight excluding hydrogens is 363 g/mol. The predicted molar refractivity (Wildman–Crippen MR) is 97.1 cm³/mol. The summed E-state index contributed by atoms with van der Waals surface area (Å²) in [6.07, 6.45) is 1.35. The monoisotopic (exact) mass is 374 g/mol. The fourth-order valence-electron chi connectivity index (χ4n) is 2.29. The van der Waals surface area contributed by atoms with Gasteiger partial charge in [0, 0.05) is 6.20 Å². The molecule has 0 bridgehead atoms. The molecule has 1 heterocycles. The number of carbonyl (C=O) groups is 2. The van der Waals surface area contributed by atoms with Gasteiger partial charge in [-0.2, -0.15) is 0 Å². The van der Waals surface area contributed by atoms with Crippen LogP contribution in [0.4, 0.5) is 5.82 Å². The van der Waals surface area contributed by atoms with Crippen molar-refractivity contribution in [2.45, 2.75) is 0 Å². The van der Waals surface area contributed by atoms with Gasteiger partial charge in [-0.15, -0.1) is 0 Å². The van der Waals surface area contributed by atoms with E-state index in [0.717, 1.165) is 10.8 Å². The topological polar surface area (TPSA) is 68.3 Å². The first-order valence-electron chi connectivity index (χ1n) is 7.30. The first-order valence-corrected chi connectivity index (χ1v) is 8.06. The second kappa shape index (κ2) is 7.51. The zero-order chi connectivity index (χ0) is 17.8. The second-order valence-electron chi connectivity index (χ2n) is 5.13. The van der Waals surface area contributed by atoms with Crippen LogP contribution in [0.5, 0.6) is 0 Å². The van der Waals surface area contributed by atoms with E-state index >= 15 is 0 Å². The lowest BCUT2D eigenvalue weighted by Crippen LogP contribution is -2.21. The first-order chi connectivity index (χ1) is 12.0. The Kier molecular flexibility index (Phi) is 5.16. The lowest BCUT2D eigenvalue weighted by Gasteiger charge is -2.09. The highest BCUT2D eigenvalue weighted by Gasteiger charge is 2.14. The molecule has 2 aromatic carbocycles. The molecule has 0 saturated carbocycles. The summed E-state index contributed by atoms with van der Waals surface area (Å²) in [7, 11) is 0. The highest BCUT2D eigenvalue weighted by Crippen LogP contribution is 2.22. The molecule has 0 unspecified atom stereocenters. The van der Waals surface area contributed by atoms with Crippen LogP contribution in [0.3, 0.4) is 0 Å². The number of esters is 1. The number of nitrogens with one attached hydrogen (secondary N) is 1. The van der Waals surface area contributed by atoms with E-state index in [9.17, 15) is 9.59 Å². The molecule has 3 rings (SSSR count). The first kappa shape index (κ1) is 17.2. The van der Waals surface area contributed by atoms with Gasteiger partial charge < -0.3 is 10.1 Å². The zero-order valence-electron chi connectivity index (χ0n) is 12.8. The van der Waals surface area contributed by atoms with E-state index in [4.69, 9.17) is 27.9 Å². The van der Waals surface area contributed by atoms with Gasteiger partial charge in [0.05, 0.1) is 15.6 Å². The Morgan fingerprint density at radius 3 is 2.64 bits per heavy atom. The van der Waals surface area contributed by atoms with Crippen LogP contribution in [0, 0.1) is 0 Å². The fraction of sp³-hybridized carbons (Fsp3) is 0.0556. The minimum Gasteiger partial charge on any atom is -0.452 e. The lowest BCUT2D eigenvalue weighted by molar-refractivity contribution is -0.119. The van der Waals surface area contributed by atoms with E-state index in [1.807, 2.05) is 30.3 Å². The molecule has 0 fully saturated rings. The van der Waals surface area contributed by atoms with Gasteiger partial charge in [-0.1, -0.05) is 59.6 Å². The van der Waals surface area contributed by atoms with Gasteiger partial charge in [0.2, 0.25) is 0 Å².